The van der Waals surface area contributed by atoms with Crippen molar-refractivity contribution in [2.75, 3.05) is 43.7 Å². The number of urea groups is 1. The monoisotopic (exact) mass is 400 g/mol. The summed E-state index contributed by atoms with van der Waals surface area (Å²) in [5.74, 6) is -0.373. The Balaban J connectivity index is 1.93. The first kappa shape index (κ1) is 21.4. The fourth-order valence-corrected chi connectivity index (χ4v) is 3.72. The van der Waals surface area contributed by atoms with Crippen molar-refractivity contribution < 1.29 is 17.6 Å². The second-order valence-corrected chi connectivity index (χ2v) is 8.92. The van der Waals surface area contributed by atoms with Crippen molar-refractivity contribution in [3.05, 3.63) is 24.0 Å². The zero-order valence-corrected chi connectivity index (χ0v) is 17.0. The number of hydrogen-bond acceptors (Lipinski definition) is 4. The van der Waals surface area contributed by atoms with Gasteiger partial charge in [-0.15, -0.1) is 0 Å². The average Bonchev–Trinajstić information content (AvgIpc) is 2.61. The molecule has 1 aliphatic carbocycles. The normalized spacial score (nSPS) is 15.4. The summed E-state index contributed by atoms with van der Waals surface area (Å²) >= 11 is 0. The molecule has 0 saturated heterocycles. The lowest BCUT2D eigenvalue weighted by Crippen LogP contribution is -2.38. The Morgan fingerprint density at radius 1 is 1.22 bits per heavy atom. The Kier molecular flexibility index (Phi) is 7.43. The van der Waals surface area contributed by atoms with E-state index in [0.717, 1.165) is 19.1 Å². The highest BCUT2D eigenvalue weighted by Gasteiger charge is 2.21. The molecule has 0 bridgehead atoms. The molecule has 9 heteroatoms. The van der Waals surface area contributed by atoms with Gasteiger partial charge in [0, 0.05) is 38.9 Å². The van der Waals surface area contributed by atoms with Gasteiger partial charge >= 0.3 is 6.03 Å². The molecule has 1 aliphatic rings. The Bertz CT molecular complexity index is 751. The molecule has 152 valence electrons. The number of sulfonamides is 1. The van der Waals surface area contributed by atoms with Crippen LogP contribution in [0.25, 0.3) is 0 Å². The number of carbonyl (C=O) groups excluding carboxylic acids is 1. The number of rotatable bonds is 7. The molecule has 1 saturated carbocycles. The molecule has 0 atom stereocenters. The summed E-state index contributed by atoms with van der Waals surface area (Å²) in [7, 11) is 0.159. The number of carbonyl (C=O) groups is 1. The van der Waals surface area contributed by atoms with Crippen LogP contribution in [0.5, 0.6) is 0 Å². The van der Waals surface area contributed by atoms with Crippen molar-refractivity contribution in [1.29, 1.82) is 0 Å². The minimum atomic E-state index is -3.30. The third-order valence-corrected chi connectivity index (χ3v) is 5.59. The van der Waals surface area contributed by atoms with Crippen molar-refractivity contribution in [1.82, 2.24) is 9.62 Å². The third-order valence-electron chi connectivity index (χ3n) is 4.86. The van der Waals surface area contributed by atoms with E-state index in [2.05, 4.69) is 10.0 Å². The van der Waals surface area contributed by atoms with E-state index in [1.165, 1.54) is 30.2 Å². The molecular formula is C18H29FN4O3S. The van der Waals surface area contributed by atoms with Crippen LogP contribution >= 0.6 is 0 Å². The lowest BCUT2D eigenvalue weighted by atomic mass is 9.94. The molecule has 1 aromatic rings. The van der Waals surface area contributed by atoms with Crippen LogP contribution in [0.1, 0.15) is 32.1 Å². The summed E-state index contributed by atoms with van der Waals surface area (Å²) in [6.07, 6.45) is 6.78. The van der Waals surface area contributed by atoms with Gasteiger partial charge in [0.05, 0.1) is 11.9 Å². The Morgan fingerprint density at radius 2 is 1.89 bits per heavy atom. The summed E-state index contributed by atoms with van der Waals surface area (Å²) in [4.78, 5) is 15.5. The minimum absolute atomic E-state index is 0.113. The van der Waals surface area contributed by atoms with Crippen LogP contribution in [0.2, 0.25) is 0 Å². The number of hydrogen-bond donors (Lipinski definition) is 2. The van der Waals surface area contributed by atoms with Gasteiger partial charge in [-0.25, -0.2) is 22.3 Å². The number of amides is 2. The maximum absolute atomic E-state index is 14.6. The van der Waals surface area contributed by atoms with E-state index in [0.29, 0.717) is 17.4 Å². The predicted octanol–water partition coefficient (Wildman–Crippen LogP) is 2.61. The molecule has 7 nitrogen and oxygen atoms in total. The molecule has 27 heavy (non-hydrogen) atoms. The van der Waals surface area contributed by atoms with E-state index in [4.69, 9.17) is 0 Å². The molecular weight excluding hydrogens is 371 g/mol. The first-order valence-corrected chi connectivity index (χ1v) is 11.1. The standard InChI is InChI=1S/C18H29FN4O3S/c1-22(12-11-20-27(3,25)26)18(24)21-14-9-10-17(16(19)13-14)23(2)15-7-5-4-6-8-15/h9-10,13,15,20H,4-8,11-12H2,1-3H3,(H,21,24). The molecule has 0 unspecified atom stereocenters. The summed E-state index contributed by atoms with van der Waals surface area (Å²) in [5.41, 5.74) is 0.895. The summed E-state index contributed by atoms with van der Waals surface area (Å²) in [6.45, 7) is 0.312. The number of halogens is 1. The number of anilines is 2. The number of nitrogens with zero attached hydrogens (tertiary/aromatic N) is 2. The van der Waals surface area contributed by atoms with Gasteiger partial charge in [-0.2, -0.15) is 0 Å². The van der Waals surface area contributed by atoms with Gasteiger partial charge < -0.3 is 15.1 Å². The fraction of sp³-hybridized carbons (Fsp3) is 0.611. The smallest absolute Gasteiger partial charge is 0.321 e. The fourth-order valence-electron chi connectivity index (χ4n) is 3.25. The SMILES string of the molecule is CN(CCNS(C)(=O)=O)C(=O)Nc1ccc(N(C)C2CCCCC2)c(F)c1. The van der Waals surface area contributed by atoms with Gasteiger partial charge in [-0.05, 0) is 31.0 Å². The molecule has 1 fully saturated rings. The van der Waals surface area contributed by atoms with E-state index in [1.807, 2.05) is 11.9 Å². The van der Waals surface area contributed by atoms with Crippen LogP contribution < -0.4 is 14.9 Å². The molecule has 0 spiro atoms. The van der Waals surface area contributed by atoms with E-state index in [-0.39, 0.29) is 18.9 Å². The molecule has 2 rings (SSSR count). The third kappa shape index (κ3) is 6.66. The molecule has 1 aromatic carbocycles. The first-order chi connectivity index (χ1) is 12.7. The molecule has 0 aliphatic heterocycles. The summed E-state index contributed by atoms with van der Waals surface area (Å²) < 4.78 is 38.9. The second-order valence-electron chi connectivity index (χ2n) is 7.09. The van der Waals surface area contributed by atoms with Crippen molar-refractivity contribution in [3.63, 3.8) is 0 Å². The highest BCUT2D eigenvalue weighted by Crippen LogP contribution is 2.29. The van der Waals surface area contributed by atoms with Gasteiger partial charge in [0.25, 0.3) is 0 Å². The molecule has 0 heterocycles. The first-order valence-electron chi connectivity index (χ1n) is 9.16. The topological polar surface area (TPSA) is 81.8 Å². The second kappa shape index (κ2) is 9.36. The number of nitrogens with one attached hydrogen (secondary N) is 2. The van der Waals surface area contributed by atoms with Gasteiger partial charge in [0.15, 0.2) is 0 Å². The minimum Gasteiger partial charge on any atom is -0.369 e. The lowest BCUT2D eigenvalue weighted by molar-refractivity contribution is 0.223. The van der Waals surface area contributed by atoms with Crippen LogP contribution in [0.4, 0.5) is 20.6 Å². The lowest BCUT2D eigenvalue weighted by Gasteiger charge is -2.33. The Morgan fingerprint density at radius 3 is 2.48 bits per heavy atom. The molecule has 2 amide bonds. The van der Waals surface area contributed by atoms with Crippen LogP contribution in [-0.4, -0.2) is 58.8 Å². The summed E-state index contributed by atoms with van der Waals surface area (Å²) in [5, 5.41) is 2.63. The van der Waals surface area contributed by atoms with E-state index in [9.17, 15) is 17.6 Å². The van der Waals surface area contributed by atoms with Gasteiger partial charge in [-0.3, -0.25) is 0 Å². The zero-order valence-electron chi connectivity index (χ0n) is 16.2. The number of benzene rings is 1. The van der Waals surface area contributed by atoms with Gasteiger partial charge in [0.2, 0.25) is 10.0 Å². The predicted molar refractivity (Wildman–Crippen MR) is 106 cm³/mol. The highest BCUT2D eigenvalue weighted by molar-refractivity contribution is 7.88. The van der Waals surface area contributed by atoms with Crippen molar-refractivity contribution in [3.8, 4) is 0 Å². The quantitative estimate of drug-likeness (QED) is 0.737. The summed E-state index contributed by atoms with van der Waals surface area (Å²) in [6, 6.07) is 4.60. The largest absolute Gasteiger partial charge is 0.369 e. The van der Waals surface area contributed by atoms with E-state index < -0.39 is 16.1 Å². The van der Waals surface area contributed by atoms with Gasteiger partial charge in [0.1, 0.15) is 5.82 Å². The molecule has 0 radical (unpaired) electrons. The Labute approximate surface area is 161 Å². The van der Waals surface area contributed by atoms with Crippen LogP contribution in [0.15, 0.2) is 18.2 Å². The Hall–Kier alpha value is -1.87. The highest BCUT2D eigenvalue weighted by atomic mass is 32.2. The maximum Gasteiger partial charge on any atom is 0.321 e. The van der Waals surface area contributed by atoms with Crippen LogP contribution in [0, 0.1) is 5.82 Å². The van der Waals surface area contributed by atoms with Gasteiger partial charge in [-0.1, -0.05) is 19.3 Å². The maximum atomic E-state index is 14.6. The zero-order chi connectivity index (χ0) is 20.0. The number of likely N-dealkylation sites (N-methyl/N-ethyl adjacent to an activating group) is 1. The van der Waals surface area contributed by atoms with E-state index in [1.54, 1.807) is 19.2 Å². The average molecular weight is 401 g/mol. The van der Waals surface area contributed by atoms with Crippen molar-refractivity contribution in [2.45, 2.75) is 38.1 Å². The molecule has 2 N–H and O–H groups in total. The van der Waals surface area contributed by atoms with Crippen molar-refractivity contribution >= 4 is 27.4 Å². The van der Waals surface area contributed by atoms with Crippen LogP contribution in [0.3, 0.4) is 0 Å². The van der Waals surface area contributed by atoms with E-state index >= 15 is 0 Å². The van der Waals surface area contributed by atoms with Crippen molar-refractivity contribution in [2.24, 2.45) is 0 Å². The van der Waals surface area contributed by atoms with Crippen LogP contribution in [-0.2, 0) is 10.0 Å². The molecule has 0 aromatic heterocycles.